The summed E-state index contributed by atoms with van der Waals surface area (Å²) in [5.74, 6) is 1.63. The molecule has 0 aliphatic heterocycles. The van der Waals surface area contributed by atoms with Crippen LogP contribution in [0.25, 0.3) is 0 Å². The number of nitrogen functional groups attached to an aromatic ring is 2. The number of azo groups is 2. The maximum absolute atomic E-state index is 6.10. The van der Waals surface area contributed by atoms with Crippen molar-refractivity contribution in [3.8, 4) is 11.5 Å². The van der Waals surface area contributed by atoms with Crippen molar-refractivity contribution >= 4 is 34.1 Å². The van der Waals surface area contributed by atoms with E-state index in [0.717, 1.165) is 37.2 Å². The van der Waals surface area contributed by atoms with Crippen LogP contribution in [-0.2, 0) is 0 Å². The predicted molar refractivity (Wildman–Crippen MR) is 147 cm³/mol. The average Bonchev–Trinajstić information content (AvgIpc) is 2.89. The van der Waals surface area contributed by atoms with E-state index < -0.39 is 0 Å². The fourth-order valence-electron chi connectivity index (χ4n) is 3.31. The van der Waals surface area contributed by atoms with Crippen molar-refractivity contribution in [3.63, 3.8) is 0 Å². The van der Waals surface area contributed by atoms with Crippen LogP contribution < -0.4 is 20.9 Å². The lowest BCUT2D eigenvalue weighted by Crippen LogP contribution is -1.96. The summed E-state index contributed by atoms with van der Waals surface area (Å²) < 4.78 is 11.5. The molecule has 4 N–H and O–H groups in total. The molecule has 0 aliphatic rings. The van der Waals surface area contributed by atoms with E-state index in [1.165, 1.54) is 12.8 Å². The van der Waals surface area contributed by atoms with Gasteiger partial charge in [0.2, 0.25) is 0 Å². The molecule has 36 heavy (non-hydrogen) atoms. The SMILES string of the molecule is CCCCCOc1ccc(N=Nc2cc(N=Nc3ccc(OCCCCC)cc3)c(N)cc2N)cc1. The second kappa shape index (κ2) is 14.5. The van der Waals surface area contributed by atoms with Crippen LogP contribution in [0.2, 0.25) is 0 Å². The van der Waals surface area contributed by atoms with E-state index in [1.807, 2.05) is 48.5 Å². The Bertz CT molecular complexity index is 1040. The molecule has 0 amide bonds. The highest BCUT2D eigenvalue weighted by Gasteiger charge is 2.06. The Hall–Kier alpha value is -3.94. The number of benzene rings is 3. The normalized spacial score (nSPS) is 11.4. The summed E-state index contributed by atoms with van der Waals surface area (Å²) in [6.07, 6.45) is 6.76. The summed E-state index contributed by atoms with van der Waals surface area (Å²) in [7, 11) is 0. The van der Waals surface area contributed by atoms with Gasteiger partial charge in [-0.05, 0) is 73.5 Å². The van der Waals surface area contributed by atoms with E-state index >= 15 is 0 Å². The molecule has 0 saturated carbocycles. The Balaban J connectivity index is 1.62. The van der Waals surface area contributed by atoms with Gasteiger partial charge in [0.1, 0.15) is 22.9 Å². The van der Waals surface area contributed by atoms with Crippen molar-refractivity contribution in [2.75, 3.05) is 24.7 Å². The molecule has 8 heteroatoms. The average molecular weight is 489 g/mol. The van der Waals surface area contributed by atoms with Gasteiger partial charge in [-0.1, -0.05) is 39.5 Å². The zero-order valence-electron chi connectivity index (χ0n) is 21.2. The molecular weight excluding hydrogens is 452 g/mol. The summed E-state index contributed by atoms with van der Waals surface area (Å²) >= 11 is 0. The van der Waals surface area contributed by atoms with E-state index in [9.17, 15) is 0 Å². The molecule has 0 aliphatic carbocycles. The smallest absolute Gasteiger partial charge is 0.119 e. The van der Waals surface area contributed by atoms with Gasteiger partial charge in [0, 0.05) is 0 Å². The van der Waals surface area contributed by atoms with Crippen molar-refractivity contribution in [2.45, 2.75) is 52.4 Å². The fourth-order valence-corrected chi connectivity index (χ4v) is 3.31. The first-order valence-electron chi connectivity index (χ1n) is 12.6. The van der Waals surface area contributed by atoms with Gasteiger partial charge in [-0.25, -0.2) is 0 Å². The first-order valence-corrected chi connectivity index (χ1v) is 12.6. The molecule has 0 aromatic heterocycles. The number of hydrogen-bond acceptors (Lipinski definition) is 8. The van der Waals surface area contributed by atoms with Crippen LogP contribution in [0.3, 0.4) is 0 Å². The molecule has 0 saturated heterocycles. The van der Waals surface area contributed by atoms with Gasteiger partial charge in [0.25, 0.3) is 0 Å². The minimum atomic E-state index is 0.413. The van der Waals surface area contributed by atoms with E-state index in [0.29, 0.717) is 47.3 Å². The molecule has 0 heterocycles. The van der Waals surface area contributed by atoms with Crippen molar-refractivity contribution < 1.29 is 9.47 Å². The number of hydrogen-bond donors (Lipinski definition) is 2. The molecule has 8 nitrogen and oxygen atoms in total. The maximum atomic E-state index is 6.10. The standard InChI is InChI=1S/C28H36N6O2/c1-3-5-7-17-35-23-13-9-21(10-14-23)31-33-27-20-28(26(30)19-25(27)29)34-32-22-11-15-24(16-12-22)36-18-8-6-4-2/h9-16,19-20H,3-8,17-18,29-30H2,1-2H3. The Kier molecular flexibility index (Phi) is 10.7. The summed E-state index contributed by atoms with van der Waals surface area (Å²) in [5, 5.41) is 17.1. The fraction of sp³-hybridized carbons (Fsp3) is 0.357. The summed E-state index contributed by atoms with van der Waals surface area (Å²) in [5.41, 5.74) is 15.3. The van der Waals surface area contributed by atoms with Crippen LogP contribution >= 0.6 is 0 Å². The Morgan fingerprint density at radius 1 is 0.556 bits per heavy atom. The number of nitrogens with two attached hydrogens (primary N) is 2. The predicted octanol–water partition coefficient (Wildman–Crippen LogP) is 8.82. The van der Waals surface area contributed by atoms with Crippen LogP contribution in [-0.4, -0.2) is 13.2 Å². The van der Waals surface area contributed by atoms with Crippen molar-refractivity contribution in [2.24, 2.45) is 20.5 Å². The van der Waals surface area contributed by atoms with Gasteiger partial charge < -0.3 is 20.9 Å². The van der Waals surface area contributed by atoms with Crippen LogP contribution in [0, 0.1) is 0 Å². The highest BCUT2D eigenvalue weighted by Crippen LogP contribution is 2.35. The van der Waals surface area contributed by atoms with Gasteiger partial charge in [0.15, 0.2) is 0 Å². The lowest BCUT2D eigenvalue weighted by molar-refractivity contribution is 0.306. The molecule has 3 aromatic rings. The minimum Gasteiger partial charge on any atom is -0.494 e. The van der Waals surface area contributed by atoms with E-state index in [4.69, 9.17) is 20.9 Å². The molecule has 3 aromatic carbocycles. The first kappa shape index (κ1) is 26.7. The Morgan fingerprint density at radius 3 is 1.36 bits per heavy atom. The summed E-state index contributed by atoms with van der Waals surface area (Å²) in [6, 6.07) is 18.2. The Labute approximate surface area is 213 Å². The maximum Gasteiger partial charge on any atom is 0.119 e. The number of nitrogens with zero attached hydrogens (tertiary/aromatic N) is 4. The molecule has 0 bridgehead atoms. The van der Waals surface area contributed by atoms with Crippen molar-refractivity contribution in [1.82, 2.24) is 0 Å². The lowest BCUT2D eigenvalue weighted by atomic mass is 10.2. The van der Waals surface area contributed by atoms with Gasteiger partial charge >= 0.3 is 0 Å². The third kappa shape index (κ3) is 8.69. The van der Waals surface area contributed by atoms with Gasteiger partial charge in [0.05, 0.1) is 36.0 Å². The first-order chi connectivity index (χ1) is 17.6. The van der Waals surface area contributed by atoms with E-state index in [1.54, 1.807) is 12.1 Å². The van der Waals surface area contributed by atoms with Crippen molar-refractivity contribution in [1.29, 1.82) is 0 Å². The lowest BCUT2D eigenvalue weighted by Gasteiger charge is -2.06. The van der Waals surface area contributed by atoms with Gasteiger partial charge in [-0.2, -0.15) is 10.2 Å². The Morgan fingerprint density at radius 2 is 0.972 bits per heavy atom. The number of anilines is 2. The largest absolute Gasteiger partial charge is 0.494 e. The van der Waals surface area contributed by atoms with Crippen LogP contribution in [0.15, 0.2) is 81.1 Å². The molecule has 0 unspecified atom stereocenters. The van der Waals surface area contributed by atoms with Crippen LogP contribution in [0.5, 0.6) is 11.5 Å². The molecule has 0 spiro atoms. The second-order valence-electron chi connectivity index (χ2n) is 8.47. The highest BCUT2D eigenvalue weighted by molar-refractivity contribution is 5.77. The molecule has 190 valence electrons. The zero-order chi connectivity index (χ0) is 25.6. The third-order valence-corrected chi connectivity index (χ3v) is 5.43. The number of rotatable bonds is 14. The van der Waals surface area contributed by atoms with Gasteiger partial charge in [-0.3, -0.25) is 0 Å². The van der Waals surface area contributed by atoms with Gasteiger partial charge in [-0.15, -0.1) is 10.2 Å². The summed E-state index contributed by atoms with van der Waals surface area (Å²) in [4.78, 5) is 0. The zero-order valence-corrected chi connectivity index (χ0v) is 21.2. The number of ether oxygens (including phenoxy) is 2. The third-order valence-electron chi connectivity index (χ3n) is 5.43. The van der Waals surface area contributed by atoms with E-state index in [2.05, 4.69) is 34.3 Å². The summed E-state index contributed by atoms with van der Waals surface area (Å²) in [6.45, 7) is 5.77. The molecule has 3 rings (SSSR count). The minimum absolute atomic E-state index is 0.413. The monoisotopic (exact) mass is 488 g/mol. The van der Waals surface area contributed by atoms with Crippen LogP contribution in [0.1, 0.15) is 52.4 Å². The van der Waals surface area contributed by atoms with Crippen molar-refractivity contribution in [3.05, 3.63) is 60.7 Å². The molecule has 0 atom stereocenters. The molecule has 0 radical (unpaired) electrons. The topological polar surface area (TPSA) is 120 Å². The molecule has 0 fully saturated rings. The van der Waals surface area contributed by atoms with Crippen LogP contribution in [0.4, 0.5) is 34.1 Å². The van der Waals surface area contributed by atoms with E-state index in [-0.39, 0.29) is 0 Å². The highest BCUT2D eigenvalue weighted by atomic mass is 16.5. The molecular formula is C28H36N6O2. The number of unbranched alkanes of at least 4 members (excludes halogenated alkanes) is 4. The quantitative estimate of drug-likeness (QED) is 0.134. The second-order valence-corrected chi connectivity index (χ2v) is 8.47.